The van der Waals surface area contributed by atoms with Gasteiger partial charge in [0.1, 0.15) is 5.97 Å². The first-order valence-corrected chi connectivity index (χ1v) is 5.92. The molecule has 1 aromatic carbocycles. The molecular weight excluding hydrogens is 270 g/mol. The molecule has 0 aromatic heterocycles. The Balaban J connectivity index is 3.17. The standard InChI is InChI=1S/C14H16F2O4/c1-13(2,3)12(19)20-10(14(15,16)11(17)18)9-7-5-4-6-8-9/h4-8,10H,1-3H3,(H,17,18)/p-1. The SMILES string of the molecule is CC(C)(C)C(=O)OC(c1ccccc1)C(F)(F)C(=O)[O-]. The van der Waals surface area contributed by atoms with Gasteiger partial charge in [0.15, 0.2) is 6.10 Å². The Morgan fingerprint density at radius 2 is 1.65 bits per heavy atom. The summed E-state index contributed by atoms with van der Waals surface area (Å²) in [4.78, 5) is 22.4. The molecule has 20 heavy (non-hydrogen) atoms. The van der Waals surface area contributed by atoms with Gasteiger partial charge in [0.05, 0.1) is 5.41 Å². The molecular formula is C14H15F2O4-. The largest absolute Gasteiger partial charge is 0.544 e. The summed E-state index contributed by atoms with van der Waals surface area (Å²) in [6.07, 6.45) is -2.22. The summed E-state index contributed by atoms with van der Waals surface area (Å²) >= 11 is 0. The zero-order valence-electron chi connectivity index (χ0n) is 11.4. The maximum atomic E-state index is 13.7. The number of carbonyl (C=O) groups excluding carboxylic acids is 2. The minimum Gasteiger partial charge on any atom is -0.544 e. The molecule has 1 unspecified atom stereocenters. The number of carboxylic acids is 1. The van der Waals surface area contributed by atoms with Crippen LogP contribution in [-0.4, -0.2) is 17.9 Å². The molecule has 0 heterocycles. The third-order valence-corrected chi connectivity index (χ3v) is 2.54. The predicted octanol–water partition coefficient (Wildman–Crippen LogP) is 1.70. The van der Waals surface area contributed by atoms with Gasteiger partial charge in [-0.15, -0.1) is 0 Å². The molecule has 0 saturated heterocycles. The number of alkyl halides is 2. The van der Waals surface area contributed by atoms with E-state index in [-0.39, 0.29) is 5.56 Å². The van der Waals surface area contributed by atoms with Crippen LogP contribution in [0.2, 0.25) is 0 Å². The van der Waals surface area contributed by atoms with Crippen molar-refractivity contribution in [2.45, 2.75) is 32.8 Å². The lowest BCUT2D eigenvalue weighted by Crippen LogP contribution is -2.47. The second-order valence-corrected chi connectivity index (χ2v) is 5.36. The van der Waals surface area contributed by atoms with Crippen LogP contribution in [0.1, 0.15) is 32.4 Å². The molecule has 0 N–H and O–H groups in total. The first-order valence-electron chi connectivity index (χ1n) is 5.92. The van der Waals surface area contributed by atoms with Crippen molar-refractivity contribution in [1.82, 2.24) is 0 Å². The maximum absolute atomic E-state index is 13.7. The zero-order chi connectivity index (χ0) is 15.6. The fourth-order valence-corrected chi connectivity index (χ4v) is 1.37. The molecule has 1 aromatic rings. The quantitative estimate of drug-likeness (QED) is 0.790. The van der Waals surface area contributed by atoms with Crippen molar-refractivity contribution in [3.8, 4) is 0 Å². The first kappa shape index (κ1) is 16.1. The van der Waals surface area contributed by atoms with Crippen molar-refractivity contribution in [3.63, 3.8) is 0 Å². The van der Waals surface area contributed by atoms with Gasteiger partial charge in [-0.05, 0) is 26.3 Å². The number of carbonyl (C=O) groups is 2. The average molecular weight is 285 g/mol. The Bertz CT molecular complexity index is 492. The molecule has 4 nitrogen and oxygen atoms in total. The highest BCUT2D eigenvalue weighted by atomic mass is 19.3. The van der Waals surface area contributed by atoms with Gasteiger partial charge < -0.3 is 14.6 Å². The van der Waals surface area contributed by atoms with E-state index in [2.05, 4.69) is 0 Å². The summed E-state index contributed by atoms with van der Waals surface area (Å²) in [5, 5.41) is 10.6. The Labute approximate surface area is 115 Å². The Kier molecular flexibility index (Phi) is 4.47. The number of ether oxygens (including phenoxy) is 1. The number of esters is 1. The van der Waals surface area contributed by atoms with Crippen LogP contribution in [0.5, 0.6) is 0 Å². The molecule has 0 spiro atoms. The van der Waals surface area contributed by atoms with Gasteiger partial charge in [0.2, 0.25) is 0 Å². The number of rotatable bonds is 4. The van der Waals surface area contributed by atoms with Gasteiger partial charge in [-0.25, -0.2) is 0 Å². The lowest BCUT2D eigenvalue weighted by Gasteiger charge is -2.30. The van der Waals surface area contributed by atoms with E-state index in [0.717, 1.165) is 0 Å². The van der Waals surface area contributed by atoms with Gasteiger partial charge in [0, 0.05) is 0 Å². The van der Waals surface area contributed by atoms with Crippen LogP contribution >= 0.6 is 0 Å². The van der Waals surface area contributed by atoms with E-state index in [1.54, 1.807) is 6.07 Å². The number of halogens is 2. The van der Waals surface area contributed by atoms with Crippen molar-refractivity contribution in [2.24, 2.45) is 5.41 Å². The van der Waals surface area contributed by atoms with Crippen LogP contribution in [0, 0.1) is 5.41 Å². The number of aliphatic carboxylic acids is 1. The number of carboxylic acid groups (broad SMARTS) is 1. The predicted molar refractivity (Wildman–Crippen MR) is 64.7 cm³/mol. The number of hydrogen-bond donors (Lipinski definition) is 0. The maximum Gasteiger partial charge on any atom is 0.327 e. The van der Waals surface area contributed by atoms with E-state index >= 15 is 0 Å². The smallest absolute Gasteiger partial charge is 0.327 e. The fourth-order valence-electron chi connectivity index (χ4n) is 1.37. The van der Waals surface area contributed by atoms with E-state index in [0.29, 0.717) is 0 Å². The molecule has 1 atom stereocenters. The van der Waals surface area contributed by atoms with E-state index < -0.39 is 29.4 Å². The minimum atomic E-state index is -4.32. The molecule has 0 radical (unpaired) electrons. The fraction of sp³-hybridized carbons (Fsp3) is 0.429. The second-order valence-electron chi connectivity index (χ2n) is 5.36. The molecule has 0 saturated carbocycles. The average Bonchev–Trinajstić information content (AvgIpc) is 2.35. The van der Waals surface area contributed by atoms with E-state index in [1.807, 2.05) is 0 Å². The van der Waals surface area contributed by atoms with Crippen LogP contribution in [0.15, 0.2) is 30.3 Å². The lowest BCUT2D eigenvalue weighted by molar-refractivity contribution is -0.337. The van der Waals surface area contributed by atoms with E-state index in [4.69, 9.17) is 4.74 Å². The summed E-state index contributed by atoms with van der Waals surface area (Å²) < 4.78 is 32.1. The molecule has 0 amide bonds. The molecule has 6 heteroatoms. The van der Waals surface area contributed by atoms with Gasteiger partial charge >= 0.3 is 11.9 Å². The van der Waals surface area contributed by atoms with Crippen molar-refractivity contribution >= 4 is 11.9 Å². The monoisotopic (exact) mass is 285 g/mol. The van der Waals surface area contributed by atoms with Crippen molar-refractivity contribution < 1.29 is 28.2 Å². The van der Waals surface area contributed by atoms with E-state index in [9.17, 15) is 23.5 Å². The summed E-state index contributed by atoms with van der Waals surface area (Å²) in [6.45, 7) is 4.44. The van der Waals surface area contributed by atoms with Crippen molar-refractivity contribution in [2.75, 3.05) is 0 Å². The summed E-state index contributed by atoms with van der Waals surface area (Å²) in [5.74, 6) is -7.83. The molecule has 110 valence electrons. The summed E-state index contributed by atoms with van der Waals surface area (Å²) in [6, 6.07) is 6.98. The Morgan fingerprint density at radius 1 is 1.15 bits per heavy atom. The van der Waals surface area contributed by atoms with Crippen LogP contribution in [0.3, 0.4) is 0 Å². The second kappa shape index (κ2) is 5.56. The zero-order valence-corrected chi connectivity index (χ0v) is 11.4. The Hall–Kier alpha value is -1.98. The molecule has 0 aliphatic carbocycles. The minimum absolute atomic E-state index is 0.112. The molecule has 0 aliphatic rings. The van der Waals surface area contributed by atoms with Gasteiger partial charge in [-0.2, -0.15) is 8.78 Å². The first-order chi connectivity index (χ1) is 9.06. The highest BCUT2D eigenvalue weighted by molar-refractivity contribution is 5.78. The normalized spacial score (nSPS) is 13.7. The van der Waals surface area contributed by atoms with Gasteiger partial charge in [-0.1, -0.05) is 30.3 Å². The van der Waals surface area contributed by atoms with Crippen LogP contribution in [0.25, 0.3) is 0 Å². The van der Waals surface area contributed by atoms with Crippen molar-refractivity contribution in [3.05, 3.63) is 35.9 Å². The molecule has 0 aliphatic heterocycles. The molecule has 0 fully saturated rings. The topological polar surface area (TPSA) is 66.4 Å². The number of hydrogen-bond acceptors (Lipinski definition) is 4. The lowest BCUT2D eigenvalue weighted by atomic mass is 9.96. The van der Waals surface area contributed by atoms with Gasteiger partial charge in [-0.3, -0.25) is 4.79 Å². The molecule has 1 rings (SSSR count). The Morgan fingerprint density at radius 3 is 2.05 bits per heavy atom. The third-order valence-electron chi connectivity index (χ3n) is 2.54. The number of benzene rings is 1. The highest BCUT2D eigenvalue weighted by Gasteiger charge is 2.46. The summed E-state index contributed by atoms with van der Waals surface area (Å²) in [5.41, 5.74) is -1.14. The third kappa shape index (κ3) is 3.53. The van der Waals surface area contributed by atoms with Gasteiger partial charge in [0.25, 0.3) is 0 Å². The van der Waals surface area contributed by atoms with Crippen molar-refractivity contribution in [1.29, 1.82) is 0 Å². The van der Waals surface area contributed by atoms with Crippen LogP contribution in [-0.2, 0) is 14.3 Å². The summed E-state index contributed by atoms with van der Waals surface area (Å²) in [7, 11) is 0. The van der Waals surface area contributed by atoms with Crippen LogP contribution in [0.4, 0.5) is 8.78 Å². The van der Waals surface area contributed by atoms with Crippen LogP contribution < -0.4 is 5.11 Å². The highest BCUT2D eigenvalue weighted by Crippen LogP contribution is 2.36. The molecule has 0 bridgehead atoms. The van der Waals surface area contributed by atoms with E-state index in [1.165, 1.54) is 45.0 Å².